The Kier molecular flexibility index (Phi) is 4.35. The molecule has 0 aromatic carbocycles. The fraction of sp³-hybridized carbons (Fsp3) is 0.536. The fourth-order valence-electron chi connectivity index (χ4n) is 5.36. The van der Waals surface area contributed by atoms with Crippen LogP contribution in [0.15, 0.2) is 73.8 Å². The lowest BCUT2D eigenvalue weighted by Gasteiger charge is -2.20. The van der Waals surface area contributed by atoms with E-state index in [1.165, 1.54) is 11.4 Å². The minimum Gasteiger partial charge on any atom is -0.362 e. The van der Waals surface area contributed by atoms with Crippen LogP contribution < -0.4 is 5.32 Å². The van der Waals surface area contributed by atoms with Crippen molar-refractivity contribution in [2.75, 3.05) is 0 Å². The molecule has 0 radical (unpaired) electrons. The van der Waals surface area contributed by atoms with Crippen LogP contribution in [-0.4, -0.2) is 17.1 Å². The van der Waals surface area contributed by atoms with Gasteiger partial charge in [-0.25, -0.2) is 0 Å². The summed E-state index contributed by atoms with van der Waals surface area (Å²) in [7, 11) is 0. The number of allylic oxidation sites excluding steroid dienone is 9. The molecule has 0 spiro atoms. The Morgan fingerprint density at radius 3 is 1.91 bits per heavy atom. The second-order valence-electron chi connectivity index (χ2n) is 12.6. The molecule has 32 heavy (non-hydrogen) atoms. The third kappa shape index (κ3) is 3.58. The van der Waals surface area contributed by atoms with Crippen molar-refractivity contribution in [3.05, 3.63) is 58.9 Å². The van der Waals surface area contributed by atoms with Gasteiger partial charge in [0.05, 0.1) is 11.4 Å². The lowest BCUT2D eigenvalue weighted by atomic mass is 9.82. The first-order chi connectivity index (χ1) is 14.7. The molecule has 0 saturated carbocycles. The Bertz CT molecular complexity index is 1150. The zero-order valence-corrected chi connectivity index (χ0v) is 20.8. The van der Waals surface area contributed by atoms with Crippen LogP contribution in [0.1, 0.15) is 74.7 Å². The van der Waals surface area contributed by atoms with Crippen LogP contribution in [0, 0.1) is 21.7 Å². The molecule has 0 aromatic heterocycles. The van der Waals surface area contributed by atoms with E-state index in [1.807, 2.05) is 0 Å². The predicted octanol–water partition coefficient (Wildman–Crippen LogP) is 6.66. The summed E-state index contributed by atoms with van der Waals surface area (Å²) in [6, 6.07) is 0. The Morgan fingerprint density at radius 1 is 0.656 bits per heavy atom. The van der Waals surface area contributed by atoms with E-state index in [9.17, 15) is 0 Å². The zero-order valence-electron chi connectivity index (χ0n) is 20.8. The second-order valence-corrected chi connectivity index (χ2v) is 12.6. The van der Waals surface area contributed by atoms with Crippen molar-refractivity contribution in [1.82, 2.24) is 5.32 Å². The number of nitrogens with one attached hydrogen (secondary N) is 1. The van der Waals surface area contributed by atoms with Gasteiger partial charge in [0, 0.05) is 68.7 Å². The Labute approximate surface area is 192 Å². The molecule has 8 bridgehead atoms. The number of aliphatic imine (C=N–C) groups is 3. The minimum absolute atomic E-state index is 0.00993. The third-order valence-electron chi connectivity index (χ3n) is 7.45. The predicted molar refractivity (Wildman–Crippen MR) is 135 cm³/mol. The summed E-state index contributed by atoms with van der Waals surface area (Å²) in [5.41, 5.74) is 9.08. The van der Waals surface area contributed by atoms with Crippen LogP contribution in [-0.2, 0) is 0 Å². The van der Waals surface area contributed by atoms with Gasteiger partial charge in [-0.1, -0.05) is 55.4 Å². The van der Waals surface area contributed by atoms with Crippen LogP contribution in [0.5, 0.6) is 0 Å². The van der Waals surface area contributed by atoms with Crippen molar-refractivity contribution < 1.29 is 0 Å². The van der Waals surface area contributed by atoms with E-state index < -0.39 is 0 Å². The van der Waals surface area contributed by atoms with Gasteiger partial charge in [-0.2, -0.15) is 0 Å². The molecule has 168 valence electrons. The minimum atomic E-state index is -0.101. The van der Waals surface area contributed by atoms with E-state index >= 15 is 0 Å². The van der Waals surface area contributed by atoms with Gasteiger partial charge in [0.1, 0.15) is 0 Å². The van der Waals surface area contributed by atoms with Crippen LogP contribution in [0.25, 0.3) is 0 Å². The molecular formula is C28H36N4. The molecule has 5 aliphatic rings. The Morgan fingerprint density at radius 2 is 1.25 bits per heavy atom. The van der Waals surface area contributed by atoms with E-state index in [-0.39, 0.29) is 21.7 Å². The van der Waals surface area contributed by atoms with Crippen molar-refractivity contribution in [2.24, 2.45) is 36.6 Å². The first kappa shape index (κ1) is 21.4. The molecule has 4 heteroatoms. The van der Waals surface area contributed by atoms with Crippen molar-refractivity contribution in [3.63, 3.8) is 0 Å². The molecule has 1 saturated heterocycles. The average Bonchev–Trinajstić information content (AvgIpc) is 3.25. The second kappa shape index (κ2) is 6.52. The summed E-state index contributed by atoms with van der Waals surface area (Å²) in [6.45, 7) is 18.2. The summed E-state index contributed by atoms with van der Waals surface area (Å²) in [6.07, 6.45) is 14.1. The van der Waals surface area contributed by atoms with Gasteiger partial charge in [0.25, 0.3) is 0 Å². The van der Waals surface area contributed by atoms with Crippen molar-refractivity contribution >= 4 is 17.1 Å². The monoisotopic (exact) mass is 428 g/mol. The highest BCUT2D eigenvalue weighted by molar-refractivity contribution is 6.05. The molecule has 5 aliphatic heterocycles. The molecule has 0 atom stereocenters. The zero-order chi connectivity index (χ0) is 23.1. The first-order valence-electron chi connectivity index (χ1n) is 11.8. The van der Waals surface area contributed by atoms with Crippen LogP contribution in [0.2, 0.25) is 0 Å². The average molecular weight is 429 g/mol. The maximum atomic E-state index is 5.09. The molecule has 1 N–H and O–H groups in total. The van der Waals surface area contributed by atoms with E-state index in [0.717, 1.165) is 53.5 Å². The van der Waals surface area contributed by atoms with E-state index in [1.54, 1.807) is 0 Å². The van der Waals surface area contributed by atoms with Crippen molar-refractivity contribution in [3.8, 4) is 0 Å². The lowest BCUT2D eigenvalue weighted by molar-refractivity contribution is 0.475. The quantitative estimate of drug-likeness (QED) is 0.461. The van der Waals surface area contributed by atoms with E-state index in [0.29, 0.717) is 0 Å². The summed E-state index contributed by atoms with van der Waals surface area (Å²) in [5, 5.41) is 3.72. The molecular weight excluding hydrogens is 392 g/mol. The summed E-state index contributed by atoms with van der Waals surface area (Å²) >= 11 is 0. The normalized spacial score (nSPS) is 35.0. The topological polar surface area (TPSA) is 49.1 Å². The molecule has 1 fully saturated rings. The van der Waals surface area contributed by atoms with Crippen molar-refractivity contribution in [2.45, 2.75) is 74.7 Å². The van der Waals surface area contributed by atoms with Gasteiger partial charge in [-0.3, -0.25) is 15.0 Å². The van der Waals surface area contributed by atoms with E-state index in [4.69, 9.17) is 15.0 Å². The highest BCUT2D eigenvalue weighted by Crippen LogP contribution is 2.45. The van der Waals surface area contributed by atoms with Crippen LogP contribution in [0.3, 0.4) is 0 Å². The SMILES string of the molecule is CC1(C)C=C2/C=C3N=C(/C=C4N=C(/C=C5\N/C(=C\C1=N2)CC5(C)C)CC\4(C)C)CC\3(C)C. The fourth-order valence-corrected chi connectivity index (χ4v) is 5.36. The van der Waals surface area contributed by atoms with Gasteiger partial charge in [-0.05, 0) is 36.8 Å². The summed E-state index contributed by atoms with van der Waals surface area (Å²) < 4.78 is 0. The molecule has 0 aromatic rings. The maximum Gasteiger partial charge on any atom is 0.0621 e. The molecule has 0 aliphatic carbocycles. The van der Waals surface area contributed by atoms with Gasteiger partial charge in [0.15, 0.2) is 0 Å². The lowest BCUT2D eigenvalue weighted by Crippen LogP contribution is -2.18. The number of hydrogen-bond acceptors (Lipinski definition) is 4. The van der Waals surface area contributed by atoms with Gasteiger partial charge in [-0.15, -0.1) is 0 Å². The highest BCUT2D eigenvalue weighted by atomic mass is 15.0. The number of nitrogens with zero attached hydrogens (tertiary/aromatic N) is 3. The maximum absolute atomic E-state index is 5.09. The first-order valence-corrected chi connectivity index (χ1v) is 11.8. The Balaban J connectivity index is 1.70. The Hall–Kier alpha value is -2.49. The molecule has 0 unspecified atom stereocenters. The van der Waals surface area contributed by atoms with Gasteiger partial charge >= 0.3 is 0 Å². The third-order valence-corrected chi connectivity index (χ3v) is 7.45. The smallest absolute Gasteiger partial charge is 0.0621 e. The number of rotatable bonds is 0. The van der Waals surface area contributed by atoms with Crippen LogP contribution in [0.4, 0.5) is 0 Å². The van der Waals surface area contributed by atoms with Crippen molar-refractivity contribution in [1.29, 1.82) is 0 Å². The van der Waals surface area contributed by atoms with Gasteiger partial charge in [0.2, 0.25) is 0 Å². The molecule has 4 nitrogen and oxygen atoms in total. The molecule has 5 heterocycles. The number of hydrogen-bond donors (Lipinski definition) is 1. The van der Waals surface area contributed by atoms with Gasteiger partial charge < -0.3 is 5.32 Å². The highest BCUT2D eigenvalue weighted by Gasteiger charge is 2.38. The summed E-state index contributed by atoms with van der Waals surface area (Å²) in [4.78, 5) is 15.2. The van der Waals surface area contributed by atoms with E-state index in [2.05, 4.69) is 91.1 Å². The standard InChI is InChI=1S/C28H36N4/c1-25(2)13-17-10-22-27(5,6)15-19(31-22)12-24-28(7,8)16-20(32-24)11-23-26(3,4)14-18(30-23)9-21(25)29-17/h9-13,30H,14-16H2,1-8H3/b18-9-,22-10-,23-11-,24-12-. The number of fused-ring (bicyclic) bond motifs is 5. The van der Waals surface area contributed by atoms with Crippen LogP contribution >= 0.6 is 0 Å². The summed E-state index contributed by atoms with van der Waals surface area (Å²) in [5.74, 6) is 0. The largest absolute Gasteiger partial charge is 0.362 e. The molecule has 5 rings (SSSR count). The molecule has 0 amide bonds.